The van der Waals surface area contributed by atoms with E-state index in [1.165, 1.54) is 0 Å². The van der Waals surface area contributed by atoms with Gasteiger partial charge in [-0.05, 0) is 37.8 Å². The minimum absolute atomic E-state index is 0.108. The van der Waals surface area contributed by atoms with Gasteiger partial charge in [-0.1, -0.05) is 23.8 Å². The second-order valence-electron chi connectivity index (χ2n) is 4.60. The fraction of sp³-hybridized carbons (Fsp3) is 0.429. The third-order valence-corrected chi connectivity index (χ3v) is 3.14. The molecule has 1 atom stereocenters. The number of aryl methyl sites for hydroxylation is 2. The van der Waals surface area contributed by atoms with E-state index >= 15 is 0 Å². The molecule has 1 saturated carbocycles. The lowest BCUT2D eigenvalue weighted by Gasteiger charge is -2.11. The topological polar surface area (TPSA) is 40.9 Å². The molecule has 0 aliphatic heterocycles. The van der Waals surface area contributed by atoms with Crippen LogP contribution in [0.3, 0.4) is 0 Å². The van der Waals surface area contributed by atoms with Crippen LogP contribution in [0.25, 0.3) is 0 Å². The van der Waals surface area contributed by atoms with Crippen LogP contribution in [-0.2, 0) is 4.79 Å². The van der Waals surface area contributed by atoms with Crippen molar-refractivity contribution < 1.29 is 4.79 Å². The first-order valence-corrected chi connectivity index (χ1v) is 5.64. The molecule has 1 aromatic rings. The molecule has 0 radical (unpaired) electrons. The Morgan fingerprint density at radius 3 is 2.69 bits per heavy atom. The standard InChI is InChI=1S/C14H15NO/c1-9-3-4-10(2)12(7-9)13(8-15)14(16)11-5-6-11/h3-4,7,11,13H,5-6H2,1-2H3. The van der Waals surface area contributed by atoms with Gasteiger partial charge in [0.25, 0.3) is 0 Å². The van der Waals surface area contributed by atoms with Crippen molar-refractivity contribution in [3.8, 4) is 6.07 Å². The molecule has 0 N–H and O–H groups in total. The fourth-order valence-electron chi connectivity index (χ4n) is 1.96. The van der Waals surface area contributed by atoms with E-state index in [2.05, 4.69) is 6.07 Å². The molecule has 0 spiro atoms. The number of nitrogens with zero attached hydrogens (tertiary/aromatic N) is 1. The number of rotatable bonds is 3. The second-order valence-corrected chi connectivity index (χ2v) is 4.60. The van der Waals surface area contributed by atoms with Gasteiger partial charge in [0.2, 0.25) is 0 Å². The lowest BCUT2D eigenvalue weighted by molar-refractivity contribution is -0.120. The highest BCUT2D eigenvalue weighted by atomic mass is 16.1. The van der Waals surface area contributed by atoms with Crippen LogP contribution in [-0.4, -0.2) is 5.78 Å². The van der Waals surface area contributed by atoms with Crippen molar-refractivity contribution in [2.24, 2.45) is 5.92 Å². The van der Waals surface area contributed by atoms with Gasteiger partial charge < -0.3 is 0 Å². The Bertz CT molecular complexity index is 466. The monoisotopic (exact) mass is 213 g/mol. The predicted octanol–water partition coefficient (Wildman–Crippen LogP) is 2.89. The molecule has 1 unspecified atom stereocenters. The number of Topliss-reactive ketones (excluding diaryl/α,β-unsaturated/α-hetero) is 1. The van der Waals surface area contributed by atoms with E-state index in [1.807, 2.05) is 32.0 Å². The first-order chi connectivity index (χ1) is 7.63. The lowest BCUT2D eigenvalue weighted by Crippen LogP contribution is -2.14. The molecular formula is C14H15NO. The number of nitriles is 1. The molecule has 16 heavy (non-hydrogen) atoms. The zero-order valence-corrected chi connectivity index (χ0v) is 9.66. The van der Waals surface area contributed by atoms with Gasteiger partial charge in [0.05, 0.1) is 6.07 Å². The Kier molecular flexibility index (Phi) is 2.78. The van der Waals surface area contributed by atoms with Crippen LogP contribution < -0.4 is 0 Å². The minimum Gasteiger partial charge on any atom is -0.298 e. The van der Waals surface area contributed by atoms with E-state index in [0.29, 0.717) is 0 Å². The number of benzene rings is 1. The number of hydrogen-bond acceptors (Lipinski definition) is 2. The minimum atomic E-state index is -0.563. The van der Waals surface area contributed by atoms with Crippen LogP contribution in [0.1, 0.15) is 35.4 Å². The van der Waals surface area contributed by atoms with Crippen LogP contribution in [0.4, 0.5) is 0 Å². The van der Waals surface area contributed by atoms with Gasteiger partial charge in [-0.3, -0.25) is 4.79 Å². The maximum atomic E-state index is 12.0. The summed E-state index contributed by atoms with van der Waals surface area (Å²) in [5.74, 6) is -0.312. The van der Waals surface area contributed by atoms with Crippen LogP contribution in [0.5, 0.6) is 0 Å². The van der Waals surface area contributed by atoms with E-state index in [-0.39, 0.29) is 11.7 Å². The maximum absolute atomic E-state index is 12.0. The highest BCUT2D eigenvalue weighted by molar-refractivity contribution is 5.92. The summed E-state index contributed by atoms with van der Waals surface area (Å²) in [6, 6.07) is 8.11. The van der Waals surface area contributed by atoms with Crippen LogP contribution >= 0.6 is 0 Å². The van der Waals surface area contributed by atoms with Gasteiger partial charge in [0.15, 0.2) is 5.78 Å². The largest absolute Gasteiger partial charge is 0.298 e. The Hall–Kier alpha value is -1.62. The second kappa shape index (κ2) is 4.09. The van der Waals surface area contributed by atoms with E-state index in [0.717, 1.165) is 29.5 Å². The predicted molar refractivity (Wildman–Crippen MR) is 62.0 cm³/mol. The summed E-state index contributed by atoms with van der Waals surface area (Å²) in [7, 11) is 0. The van der Waals surface area contributed by atoms with E-state index < -0.39 is 5.92 Å². The molecule has 1 aromatic carbocycles. The summed E-state index contributed by atoms with van der Waals surface area (Å²) in [5.41, 5.74) is 3.02. The van der Waals surface area contributed by atoms with Crippen molar-refractivity contribution in [1.82, 2.24) is 0 Å². The van der Waals surface area contributed by atoms with Crippen LogP contribution in [0, 0.1) is 31.1 Å². The highest BCUT2D eigenvalue weighted by Crippen LogP contribution is 2.36. The van der Waals surface area contributed by atoms with Crippen LogP contribution in [0.15, 0.2) is 18.2 Å². The third kappa shape index (κ3) is 1.99. The van der Waals surface area contributed by atoms with Gasteiger partial charge in [0.1, 0.15) is 5.92 Å². The molecule has 82 valence electrons. The number of carbonyl (C=O) groups is 1. The Labute approximate surface area is 95.9 Å². The van der Waals surface area contributed by atoms with Gasteiger partial charge in [-0.2, -0.15) is 5.26 Å². The Balaban J connectivity index is 2.36. The highest BCUT2D eigenvalue weighted by Gasteiger charge is 2.36. The van der Waals surface area contributed by atoms with Crippen molar-refractivity contribution in [1.29, 1.82) is 5.26 Å². The van der Waals surface area contributed by atoms with E-state index in [4.69, 9.17) is 0 Å². The Morgan fingerprint density at radius 2 is 2.12 bits per heavy atom. The molecular weight excluding hydrogens is 198 g/mol. The van der Waals surface area contributed by atoms with Crippen molar-refractivity contribution in [2.45, 2.75) is 32.6 Å². The van der Waals surface area contributed by atoms with Crippen molar-refractivity contribution in [2.75, 3.05) is 0 Å². The normalized spacial score (nSPS) is 16.6. The lowest BCUT2D eigenvalue weighted by atomic mass is 9.89. The van der Waals surface area contributed by atoms with Gasteiger partial charge in [-0.25, -0.2) is 0 Å². The van der Waals surface area contributed by atoms with Crippen molar-refractivity contribution >= 4 is 5.78 Å². The smallest absolute Gasteiger partial charge is 0.157 e. The van der Waals surface area contributed by atoms with Crippen molar-refractivity contribution in [3.63, 3.8) is 0 Å². The molecule has 2 heteroatoms. The summed E-state index contributed by atoms with van der Waals surface area (Å²) >= 11 is 0. The SMILES string of the molecule is Cc1ccc(C)c(C(C#N)C(=O)C2CC2)c1. The summed E-state index contributed by atoms with van der Waals surface area (Å²) in [6.07, 6.45) is 1.92. The number of hydrogen-bond donors (Lipinski definition) is 0. The quantitative estimate of drug-likeness (QED) is 0.774. The maximum Gasteiger partial charge on any atom is 0.157 e. The van der Waals surface area contributed by atoms with E-state index in [1.54, 1.807) is 0 Å². The zero-order chi connectivity index (χ0) is 11.7. The fourth-order valence-corrected chi connectivity index (χ4v) is 1.96. The van der Waals surface area contributed by atoms with Crippen molar-refractivity contribution in [3.05, 3.63) is 34.9 Å². The van der Waals surface area contributed by atoms with Gasteiger partial charge in [0, 0.05) is 5.92 Å². The molecule has 2 rings (SSSR count). The molecule has 0 amide bonds. The zero-order valence-electron chi connectivity index (χ0n) is 9.66. The molecule has 1 aliphatic carbocycles. The average molecular weight is 213 g/mol. The summed E-state index contributed by atoms with van der Waals surface area (Å²) < 4.78 is 0. The molecule has 0 saturated heterocycles. The summed E-state index contributed by atoms with van der Waals surface area (Å²) in [4.78, 5) is 12.0. The first-order valence-electron chi connectivity index (χ1n) is 5.64. The number of ketones is 1. The molecule has 0 bridgehead atoms. The van der Waals surface area contributed by atoms with E-state index in [9.17, 15) is 10.1 Å². The average Bonchev–Trinajstić information content (AvgIpc) is 3.07. The summed E-state index contributed by atoms with van der Waals surface area (Å²) in [6.45, 7) is 3.94. The molecule has 0 heterocycles. The molecule has 1 fully saturated rings. The molecule has 1 aliphatic rings. The van der Waals surface area contributed by atoms with Gasteiger partial charge >= 0.3 is 0 Å². The Morgan fingerprint density at radius 1 is 1.44 bits per heavy atom. The molecule has 2 nitrogen and oxygen atoms in total. The van der Waals surface area contributed by atoms with Gasteiger partial charge in [-0.15, -0.1) is 0 Å². The number of carbonyl (C=O) groups excluding carboxylic acids is 1. The van der Waals surface area contributed by atoms with Crippen LogP contribution in [0.2, 0.25) is 0 Å². The summed E-state index contributed by atoms with van der Waals surface area (Å²) in [5, 5.41) is 9.17. The molecule has 0 aromatic heterocycles. The first kappa shape index (κ1) is 10.9. The third-order valence-electron chi connectivity index (χ3n) is 3.14.